The normalized spacial score (nSPS) is 28.4. The number of rotatable bonds is 4. The number of aliphatic hydroxyl groups excluding tert-OH is 1. The first-order valence-electron chi connectivity index (χ1n) is 9.38. The van der Waals surface area contributed by atoms with Crippen molar-refractivity contribution < 1.29 is 23.8 Å². The summed E-state index contributed by atoms with van der Waals surface area (Å²) in [6.45, 7) is 2.79. The predicted molar refractivity (Wildman–Crippen MR) is 94.6 cm³/mol. The minimum absolute atomic E-state index is 0.113. The second-order valence-electron chi connectivity index (χ2n) is 7.54. The Balaban J connectivity index is 1.37. The quantitative estimate of drug-likeness (QED) is 0.771. The number of benzene rings is 1. The van der Waals surface area contributed by atoms with E-state index in [1.165, 1.54) is 29.2 Å². The van der Waals surface area contributed by atoms with Crippen LogP contribution < -0.4 is 5.32 Å². The molecule has 3 aliphatic heterocycles. The van der Waals surface area contributed by atoms with E-state index in [4.69, 9.17) is 4.74 Å². The van der Waals surface area contributed by atoms with Gasteiger partial charge < -0.3 is 25.0 Å². The zero-order valence-electron chi connectivity index (χ0n) is 15.0. The highest BCUT2D eigenvalue weighted by Gasteiger charge is 2.44. The maximum Gasteiger partial charge on any atom is 0.254 e. The molecular weight excluding hydrogens is 353 g/mol. The highest BCUT2D eigenvalue weighted by molar-refractivity contribution is 5.98. The number of nitrogens with one attached hydrogen (secondary N) is 1. The standard InChI is InChI=1S/C19H24FN3O4/c20-13-3-1-12(2-4-13)18(25)23-10-16(24)7-17(23)19(26)22-8-15(9-22)21-14-5-6-27-11-14/h1-4,14-17,21,24H,5-11H2. The first-order valence-corrected chi connectivity index (χ1v) is 9.38. The van der Waals surface area contributed by atoms with Gasteiger partial charge in [-0.15, -0.1) is 0 Å². The number of amides is 2. The summed E-state index contributed by atoms with van der Waals surface area (Å²) in [6, 6.07) is 5.15. The zero-order valence-corrected chi connectivity index (χ0v) is 15.0. The molecule has 0 bridgehead atoms. The van der Waals surface area contributed by atoms with Crippen molar-refractivity contribution >= 4 is 11.8 Å². The highest BCUT2D eigenvalue weighted by Crippen LogP contribution is 2.25. The summed E-state index contributed by atoms with van der Waals surface area (Å²) >= 11 is 0. The molecule has 7 nitrogen and oxygen atoms in total. The number of likely N-dealkylation sites (tertiary alicyclic amines) is 2. The lowest BCUT2D eigenvalue weighted by molar-refractivity contribution is -0.140. The van der Waals surface area contributed by atoms with Crippen molar-refractivity contribution in [2.75, 3.05) is 32.8 Å². The van der Waals surface area contributed by atoms with Crippen LogP contribution in [0.5, 0.6) is 0 Å². The van der Waals surface area contributed by atoms with Crippen LogP contribution in [-0.2, 0) is 9.53 Å². The molecule has 146 valence electrons. The third-order valence-electron chi connectivity index (χ3n) is 5.51. The Morgan fingerprint density at radius 3 is 2.56 bits per heavy atom. The van der Waals surface area contributed by atoms with Gasteiger partial charge >= 0.3 is 0 Å². The van der Waals surface area contributed by atoms with Gasteiger partial charge in [-0.2, -0.15) is 0 Å². The number of ether oxygens (including phenoxy) is 1. The maximum atomic E-state index is 13.1. The zero-order chi connectivity index (χ0) is 19.0. The molecule has 3 atom stereocenters. The Bertz CT molecular complexity index is 701. The summed E-state index contributed by atoms with van der Waals surface area (Å²) in [5.41, 5.74) is 0.313. The SMILES string of the molecule is O=C(C1CC(O)CN1C(=O)c1ccc(F)cc1)N1CC(NC2CCOC2)C1. The molecule has 2 amide bonds. The van der Waals surface area contributed by atoms with E-state index in [2.05, 4.69) is 5.32 Å². The minimum Gasteiger partial charge on any atom is -0.391 e. The lowest BCUT2D eigenvalue weighted by atomic mass is 10.0. The van der Waals surface area contributed by atoms with Gasteiger partial charge in [0.1, 0.15) is 11.9 Å². The van der Waals surface area contributed by atoms with Crippen LogP contribution in [0.2, 0.25) is 0 Å². The largest absolute Gasteiger partial charge is 0.391 e. The molecule has 27 heavy (non-hydrogen) atoms. The molecule has 1 aromatic rings. The number of aliphatic hydroxyl groups is 1. The lowest BCUT2D eigenvalue weighted by Gasteiger charge is -2.43. The fraction of sp³-hybridized carbons (Fsp3) is 0.579. The molecular formula is C19H24FN3O4. The first-order chi connectivity index (χ1) is 13.0. The summed E-state index contributed by atoms with van der Waals surface area (Å²) in [5.74, 6) is -0.918. The predicted octanol–water partition coefficient (Wildman–Crippen LogP) is -0.00960. The van der Waals surface area contributed by atoms with Gasteiger partial charge in [-0.05, 0) is 30.7 Å². The molecule has 0 spiro atoms. The number of hydrogen-bond acceptors (Lipinski definition) is 5. The van der Waals surface area contributed by atoms with E-state index in [0.717, 1.165) is 13.0 Å². The molecule has 3 heterocycles. The van der Waals surface area contributed by atoms with E-state index >= 15 is 0 Å². The molecule has 8 heteroatoms. The third-order valence-corrected chi connectivity index (χ3v) is 5.51. The smallest absolute Gasteiger partial charge is 0.254 e. The Morgan fingerprint density at radius 2 is 1.89 bits per heavy atom. The van der Waals surface area contributed by atoms with E-state index in [-0.39, 0.29) is 30.8 Å². The average Bonchev–Trinajstić information content (AvgIpc) is 3.26. The Morgan fingerprint density at radius 1 is 1.15 bits per heavy atom. The van der Waals surface area contributed by atoms with Crippen molar-refractivity contribution in [1.82, 2.24) is 15.1 Å². The van der Waals surface area contributed by atoms with Crippen LogP contribution in [0.4, 0.5) is 4.39 Å². The van der Waals surface area contributed by atoms with Crippen LogP contribution >= 0.6 is 0 Å². The Hall–Kier alpha value is -2.03. The molecule has 0 aromatic heterocycles. The van der Waals surface area contributed by atoms with Crippen molar-refractivity contribution in [2.24, 2.45) is 0 Å². The Labute approximate surface area is 157 Å². The number of nitrogens with zero attached hydrogens (tertiary/aromatic N) is 2. The highest BCUT2D eigenvalue weighted by atomic mass is 19.1. The van der Waals surface area contributed by atoms with Gasteiger partial charge in [-0.1, -0.05) is 0 Å². The molecule has 0 aliphatic carbocycles. The molecule has 0 radical (unpaired) electrons. The molecule has 3 saturated heterocycles. The van der Waals surface area contributed by atoms with E-state index in [0.29, 0.717) is 31.3 Å². The van der Waals surface area contributed by atoms with Crippen LogP contribution in [-0.4, -0.2) is 83.8 Å². The van der Waals surface area contributed by atoms with Crippen molar-refractivity contribution in [3.05, 3.63) is 35.6 Å². The topological polar surface area (TPSA) is 82.1 Å². The molecule has 2 N–H and O–H groups in total. The summed E-state index contributed by atoms with van der Waals surface area (Å²) < 4.78 is 18.4. The van der Waals surface area contributed by atoms with Gasteiger partial charge in [-0.25, -0.2) is 4.39 Å². The van der Waals surface area contributed by atoms with Crippen LogP contribution in [0.3, 0.4) is 0 Å². The fourth-order valence-corrected chi connectivity index (χ4v) is 4.00. The molecule has 0 saturated carbocycles. The first kappa shape index (κ1) is 18.3. The number of carbonyl (C=O) groups is 2. The second kappa shape index (κ2) is 7.53. The van der Waals surface area contributed by atoms with Crippen molar-refractivity contribution in [1.29, 1.82) is 0 Å². The summed E-state index contributed by atoms with van der Waals surface area (Å²) in [7, 11) is 0. The lowest BCUT2D eigenvalue weighted by Crippen LogP contribution is -2.64. The number of hydrogen-bond donors (Lipinski definition) is 2. The van der Waals surface area contributed by atoms with Crippen LogP contribution in [0.15, 0.2) is 24.3 Å². The van der Waals surface area contributed by atoms with Crippen LogP contribution in [0.1, 0.15) is 23.2 Å². The second-order valence-corrected chi connectivity index (χ2v) is 7.54. The number of halogens is 1. The van der Waals surface area contributed by atoms with E-state index in [9.17, 15) is 19.1 Å². The van der Waals surface area contributed by atoms with Crippen molar-refractivity contribution in [3.8, 4) is 0 Å². The minimum atomic E-state index is -0.728. The van der Waals surface area contributed by atoms with E-state index in [1.54, 1.807) is 4.90 Å². The summed E-state index contributed by atoms with van der Waals surface area (Å²) in [5, 5.41) is 13.5. The van der Waals surface area contributed by atoms with Gasteiger partial charge in [-0.3, -0.25) is 9.59 Å². The molecule has 1 aromatic carbocycles. The van der Waals surface area contributed by atoms with Crippen LogP contribution in [0, 0.1) is 5.82 Å². The number of carbonyl (C=O) groups excluding carboxylic acids is 2. The molecule has 3 aliphatic rings. The van der Waals surface area contributed by atoms with Crippen molar-refractivity contribution in [2.45, 2.75) is 37.1 Å². The fourth-order valence-electron chi connectivity index (χ4n) is 4.00. The number of β-amino-alcohol motifs (C(OH)–C–C–N with tert-alkyl or cyclic N) is 1. The molecule has 4 rings (SSSR count). The average molecular weight is 377 g/mol. The third kappa shape index (κ3) is 3.83. The van der Waals surface area contributed by atoms with Gasteiger partial charge in [0.15, 0.2) is 0 Å². The van der Waals surface area contributed by atoms with Gasteiger partial charge in [0.2, 0.25) is 5.91 Å². The van der Waals surface area contributed by atoms with E-state index in [1.807, 2.05) is 0 Å². The Kier molecular flexibility index (Phi) is 5.12. The van der Waals surface area contributed by atoms with Crippen LogP contribution in [0.25, 0.3) is 0 Å². The van der Waals surface area contributed by atoms with Gasteiger partial charge in [0.25, 0.3) is 5.91 Å². The monoisotopic (exact) mass is 377 g/mol. The molecule has 3 unspecified atom stereocenters. The summed E-state index contributed by atoms with van der Waals surface area (Å²) in [6.07, 6.45) is 0.491. The summed E-state index contributed by atoms with van der Waals surface area (Å²) in [4.78, 5) is 28.7. The van der Waals surface area contributed by atoms with Crippen molar-refractivity contribution in [3.63, 3.8) is 0 Å². The van der Waals surface area contributed by atoms with E-state index < -0.39 is 18.0 Å². The van der Waals surface area contributed by atoms with Gasteiger partial charge in [0.05, 0.1) is 12.7 Å². The molecule has 3 fully saturated rings. The maximum absolute atomic E-state index is 13.1. The van der Waals surface area contributed by atoms with Gasteiger partial charge in [0, 0.05) is 50.3 Å².